The molecule has 5 nitrogen and oxygen atoms in total. The van der Waals surface area contributed by atoms with Crippen molar-refractivity contribution in [2.24, 2.45) is 0 Å². The van der Waals surface area contributed by atoms with Crippen molar-refractivity contribution in [1.29, 1.82) is 0 Å². The highest BCUT2D eigenvalue weighted by atomic mass is 31.2. The Hall–Kier alpha value is -7.72. The van der Waals surface area contributed by atoms with Gasteiger partial charge < -0.3 is 8.98 Å². The molecule has 61 heavy (non-hydrogen) atoms. The number of aromatic nitrogens is 3. The molecule has 0 aliphatic carbocycles. The summed E-state index contributed by atoms with van der Waals surface area (Å²) in [6, 6.07) is 73.3. The van der Waals surface area contributed by atoms with Gasteiger partial charge >= 0.3 is 0 Å². The summed E-state index contributed by atoms with van der Waals surface area (Å²) in [4.78, 5) is 14.8. The van der Waals surface area contributed by atoms with Gasteiger partial charge in [-0.15, -0.1) is 0 Å². The van der Waals surface area contributed by atoms with Gasteiger partial charge in [-0.3, -0.25) is 0 Å². The van der Waals surface area contributed by atoms with E-state index in [0.29, 0.717) is 17.5 Å². The molecule has 6 heteroatoms. The number of fused-ring (bicyclic) bond motifs is 5. The third-order valence-electron chi connectivity index (χ3n) is 11.4. The number of furan rings is 1. The maximum Gasteiger partial charge on any atom is 0.171 e. The van der Waals surface area contributed by atoms with Gasteiger partial charge in [-0.2, -0.15) is 0 Å². The number of rotatable bonds is 8. The van der Waals surface area contributed by atoms with Crippen LogP contribution in [0, 0.1) is 0 Å². The summed E-state index contributed by atoms with van der Waals surface area (Å²) >= 11 is 0. The minimum atomic E-state index is -3.12. The molecule has 0 bridgehead atoms. The highest BCUT2D eigenvalue weighted by Crippen LogP contribution is 2.45. The fourth-order valence-electron chi connectivity index (χ4n) is 8.44. The Morgan fingerprint density at radius 3 is 1.33 bits per heavy atom. The number of benzene rings is 9. The fraction of sp³-hybridized carbons (Fsp3) is 0. The predicted molar refractivity (Wildman–Crippen MR) is 251 cm³/mol. The van der Waals surface area contributed by atoms with Crippen LogP contribution < -0.4 is 15.9 Å². The van der Waals surface area contributed by atoms with Crippen LogP contribution in [0.1, 0.15) is 0 Å². The molecule has 9 aromatic carbocycles. The zero-order valence-corrected chi connectivity index (χ0v) is 33.8. The molecule has 0 unspecified atom stereocenters. The smallest absolute Gasteiger partial charge is 0.171 e. The van der Waals surface area contributed by atoms with Crippen LogP contribution in [0.15, 0.2) is 223 Å². The molecule has 0 saturated heterocycles. The molecule has 0 aliphatic heterocycles. The molecular weight excluding hydrogens is 766 g/mol. The molecule has 288 valence electrons. The first-order valence-electron chi connectivity index (χ1n) is 20.3. The molecule has 0 atom stereocenters. The van der Waals surface area contributed by atoms with Crippen molar-refractivity contribution in [2.45, 2.75) is 0 Å². The Kier molecular flexibility index (Phi) is 9.03. The topological polar surface area (TPSA) is 68.9 Å². The summed E-state index contributed by atoms with van der Waals surface area (Å²) in [5.74, 6) is 1.86. The van der Waals surface area contributed by atoms with Gasteiger partial charge in [0.15, 0.2) is 24.6 Å². The Balaban J connectivity index is 1.02. The van der Waals surface area contributed by atoms with E-state index in [0.717, 1.165) is 87.6 Å². The number of hydrogen-bond donors (Lipinski definition) is 0. The second-order valence-electron chi connectivity index (χ2n) is 15.1. The van der Waals surface area contributed by atoms with Crippen molar-refractivity contribution in [2.75, 3.05) is 0 Å². The van der Waals surface area contributed by atoms with Gasteiger partial charge in [0.05, 0.1) is 0 Å². The molecule has 11 aromatic rings. The van der Waals surface area contributed by atoms with E-state index < -0.39 is 7.14 Å². The van der Waals surface area contributed by atoms with E-state index in [2.05, 4.69) is 78.9 Å². The van der Waals surface area contributed by atoms with Crippen LogP contribution in [0.2, 0.25) is 0 Å². The van der Waals surface area contributed by atoms with E-state index in [4.69, 9.17) is 19.4 Å². The van der Waals surface area contributed by atoms with Crippen molar-refractivity contribution >= 4 is 55.8 Å². The second kappa shape index (κ2) is 15.1. The van der Waals surface area contributed by atoms with Crippen molar-refractivity contribution in [3.63, 3.8) is 0 Å². The number of hydrogen-bond acceptors (Lipinski definition) is 5. The van der Waals surface area contributed by atoms with Gasteiger partial charge in [0.1, 0.15) is 11.2 Å². The van der Waals surface area contributed by atoms with Crippen molar-refractivity contribution in [1.82, 2.24) is 15.0 Å². The Morgan fingerprint density at radius 1 is 0.344 bits per heavy atom. The molecule has 2 heterocycles. The SMILES string of the molecule is O=P(c1ccccc1)(c1ccccc1)c1ccc(-c2cc3c(oc4cccc(-c5ccc(-c6nc(-c7ccccc7)nc(-c7ccccc7)n6)cc5)c43)c3ccccc23)cc1. The van der Waals surface area contributed by atoms with Crippen LogP contribution in [0.5, 0.6) is 0 Å². The van der Waals surface area contributed by atoms with E-state index in [9.17, 15) is 0 Å². The van der Waals surface area contributed by atoms with Gasteiger partial charge in [0.2, 0.25) is 0 Å². The molecule has 0 saturated carbocycles. The van der Waals surface area contributed by atoms with Gasteiger partial charge in [-0.25, -0.2) is 15.0 Å². The number of nitrogens with zero attached hydrogens (tertiary/aromatic N) is 3. The molecule has 0 amide bonds. The molecule has 0 fully saturated rings. The monoisotopic (exact) mass is 801 g/mol. The van der Waals surface area contributed by atoms with Gasteiger partial charge in [-0.05, 0) is 39.8 Å². The minimum absolute atomic E-state index is 0.609. The molecule has 0 radical (unpaired) electrons. The predicted octanol–water partition coefficient (Wildman–Crippen LogP) is 12.9. The van der Waals surface area contributed by atoms with Crippen LogP contribution >= 0.6 is 7.14 Å². The summed E-state index contributed by atoms with van der Waals surface area (Å²) in [5, 5.41) is 6.62. The molecular formula is C55H36N3O2P. The maximum absolute atomic E-state index is 15.2. The van der Waals surface area contributed by atoms with Crippen LogP contribution in [0.3, 0.4) is 0 Å². The van der Waals surface area contributed by atoms with E-state index >= 15 is 4.57 Å². The lowest BCUT2D eigenvalue weighted by Gasteiger charge is -2.20. The van der Waals surface area contributed by atoms with E-state index in [1.807, 2.05) is 140 Å². The minimum Gasteiger partial charge on any atom is -0.455 e. The second-order valence-corrected chi connectivity index (χ2v) is 17.8. The lowest BCUT2D eigenvalue weighted by atomic mass is 9.93. The molecule has 2 aromatic heterocycles. The van der Waals surface area contributed by atoms with Crippen LogP contribution in [0.25, 0.3) is 89.1 Å². The van der Waals surface area contributed by atoms with Crippen molar-refractivity contribution < 1.29 is 8.98 Å². The van der Waals surface area contributed by atoms with Crippen molar-refractivity contribution in [3.8, 4) is 56.4 Å². The summed E-state index contributed by atoms with van der Waals surface area (Å²) in [7, 11) is -3.12. The summed E-state index contributed by atoms with van der Waals surface area (Å²) in [5.41, 5.74) is 8.65. The normalized spacial score (nSPS) is 11.7. The van der Waals surface area contributed by atoms with Gasteiger partial charge in [-0.1, -0.05) is 206 Å². The first-order chi connectivity index (χ1) is 30.1. The highest BCUT2D eigenvalue weighted by molar-refractivity contribution is 7.85. The third kappa shape index (κ3) is 6.44. The average molecular weight is 802 g/mol. The summed E-state index contributed by atoms with van der Waals surface area (Å²) < 4.78 is 21.9. The molecule has 0 aliphatic rings. The Labute approximate surface area is 353 Å². The summed E-state index contributed by atoms with van der Waals surface area (Å²) in [6.45, 7) is 0. The lowest BCUT2D eigenvalue weighted by molar-refractivity contribution is 0.592. The Morgan fingerprint density at radius 2 is 0.770 bits per heavy atom. The van der Waals surface area contributed by atoms with E-state index in [1.165, 1.54) is 0 Å². The zero-order valence-electron chi connectivity index (χ0n) is 32.9. The largest absolute Gasteiger partial charge is 0.455 e. The van der Waals surface area contributed by atoms with Gasteiger partial charge in [0, 0.05) is 48.8 Å². The Bertz CT molecular complexity index is 3310. The standard InChI is InChI=1S/C55H36N3O2P/c59-61(42-20-9-3-10-21-42,43-22-11-4-12-23-43)44-34-32-38(33-35-44)48-36-49-51-45(26-15-27-50(51)60-52(49)47-25-14-13-24-46(47)48)37-28-30-41(31-29-37)55-57-53(39-16-5-1-6-17-39)56-54(58-55)40-18-7-2-8-19-40/h1-36H. The molecule has 0 spiro atoms. The van der Waals surface area contributed by atoms with E-state index in [1.54, 1.807) is 0 Å². The molecule has 0 N–H and O–H groups in total. The maximum atomic E-state index is 15.2. The quantitative estimate of drug-likeness (QED) is 0.143. The van der Waals surface area contributed by atoms with E-state index in [-0.39, 0.29) is 0 Å². The van der Waals surface area contributed by atoms with Crippen molar-refractivity contribution in [3.05, 3.63) is 218 Å². The van der Waals surface area contributed by atoms with Crippen LogP contribution in [0.4, 0.5) is 0 Å². The molecule has 11 rings (SSSR count). The van der Waals surface area contributed by atoms with Crippen LogP contribution in [-0.4, -0.2) is 15.0 Å². The van der Waals surface area contributed by atoms with Crippen LogP contribution in [-0.2, 0) is 4.57 Å². The highest BCUT2D eigenvalue weighted by Gasteiger charge is 2.29. The summed E-state index contributed by atoms with van der Waals surface area (Å²) in [6.07, 6.45) is 0. The zero-order chi connectivity index (χ0) is 40.8. The lowest BCUT2D eigenvalue weighted by Crippen LogP contribution is -2.24. The first-order valence-corrected chi connectivity index (χ1v) is 22.0. The fourth-order valence-corrected chi connectivity index (χ4v) is 11.1. The third-order valence-corrected chi connectivity index (χ3v) is 14.5. The average Bonchev–Trinajstić information content (AvgIpc) is 3.74. The van der Waals surface area contributed by atoms with Gasteiger partial charge in [0.25, 0.3) is 0 Å². The first kappa shape index (κ1) is 36.4.